The van der Waals surface area contributed by atoms with E-state index in [-0.39, 0.29) is 0 Å². The quantitative estimate of drug-likeness (QED) is 0.265. The minimum Gasteiger partial charge on any atom is -0.309 e. The molecule has 0 heterocycles. The molecule has 0 radical (unpaired) electrons. The van der Waals surface area contributed by atoms with Crippen molar-refractivity contribution in [2.24, 2.45) is 0 Å². The highest BCUT2D eigenvalue weighted by molar-refractivity contribution is 9.09. The van der Waals surface area contributed by atoms with Crippen LogP contribution in [0.2, 0.25) is 0 Å². The van der Waals surface area contributed by atoms with E-state index in [4.69, 9.17) is 11.6 Å². The molecule has 0 rings (SSSR count). The summed E-state index contributed by atoms with van der Waals surface area (Å²) in [5, 5.41) is 1.02. The number of halogens is 2. The average molecular weight is 371 g/mol. The molecule has 3 heteroatoms. The molecule has 0 saturated heterocycles. The van der Waals surface area contributed by atoms with Gasteiger partial charge in [0.1, 0.15) is 0 Å². The zero-order valence-electron chi connectivity index (χ0n) is 14.1. The van der Waals surface area contributed by atoms with Gasteiger partial charge in [0.15, 0.2) is 0 Å². The number of rotatable bonds is 13. The summed E-state index contributed by atoms with van der Waals surface area (Å²) in [5.41, 5.74) is 0. The predicted molar refractivity (Wildman–Crippen MR) is 99.5 cm³/mol. The summed E-state index contributed by atoms with van der Waals surface area (Å²) in [4.78, 5) is 2.28. The molecule has 0 aliphatic heterocycles. The van der Waals surface area contributed by atoms with E-state index in [1.54, 1.807) is 0 Å². The van der Waals surface area contributed by atoms with Crippen LogP contribution >= 0.6 is 27.5 Å². The van der Waals surface area contributed by atoms with E-state index in [9.17, 15) is 0 Å². The van der Waals surface area contributed by atoms with Gasteiger partial charge in [-0.25, -0.2) is 0 Å². The lowest BCUT2D eigenvalue weighted by Gasteiger charge is -2.08. The Morgan fingerprint density at radius 3 is 1.50 bits per heavy atom. The van der Waals surface area contributed by atoms with Crippen LogP contribution in [-0.4, -0.2) is 36.8 Å². The third kappa shape index (κ3) is 27.1. The second-order valence-corrected chi connectivity index (χ2v) is 6.89. The molecular weight excluding hydrogens is 334 g/mol. The summed E-state index contributed by atoms with van der Waals surface area (Å²) in [6.07, 6.45) is 15.4. The largest absolute Gasteiger partial charge is 0.309 e. The van der Waals surface area contributed by atoms with E-state index in [1.807, 2.05) is 0 Å². The molecule has 0 unspecified atom stereocenters. The summed E-state index contributed by atoms with van der Waals surface area (Å²) in [7, 11) is 4.32. The third-order valence-electron chi connectivity index (χ3n) is 3.23. The third-order valence-corrected chi connectivity index (χ3v) is 4.05. The van der Waals surface area contributed by atoms with Crippen LogP contribution in [0.5, 0.6) is 0 Å². The second-order valence-electron chi connectivity index (χ2n) is 5.72. The average Bonchev–Trinajstić information content (AvgIpc) is 2.42. The van der Waals surface area contributed by atoms with Crippen LogP contribution in [0.4, 0.5) is 0 Å². The SMILES string of the molecule is CCCCCCCCCCCCN(C)C.ClCCCBr. The van der Waals surface area contributed by atoms with Crippen LogP contribution in [0.3, 0.4) is 0 Å². The summed E-state index contributed by atoms with van der Waals surface area (Å²) < 4.78 is 0. The first-order chi connectivity index (χ1) is 9.68. The number of hydrogen-bond acceptors (Lipinski definition) is 1. The van der Waals surface area contributed by atoms with Gasteiger partial charge in [-0.1, -0.05) is 80.6 Å². The number of alkyl halides is 2. The Morgan fingerprint density at radius 1 is 0.750 bits per heavy atom. The molecule has 124 valence electrons. The first kappa shape index (κ1) is 23.0. The lowest BCUT2D eigenvalue weighted by Crippen LogP contribution is -2.12. The predicted octanol–water partition coefficient (Wildman–Crippen LogP) is 6.48. The zero-order valence-corrected chi connectivity index (χ0v) is 16.4. The van der Waals surface area contributed by atoms with Crippen molar-refractivity contribution in [3.63, 3.8) is 0 Å². The molecule has 1 nitrogen and oxygen atoms in total. The number of hydrogen-bond donors (Lipinski definition) is 0. The number of unbranched alkanes of at least 4 members (excludes halogenated alkanes) is 9. The van der Waals surface area contributed by atoms with Crippen LogP contribution in [-0.2, 0) is 0 Å². The van der Waals surface area contributed by atoms with E-state index in [1.165, 1.54) is 70.8 Å². The Hall–Kier alpha value is 0.730. The molecule has 0 bridgehead atoms. The van der Waals surface area contributed by atoms with Crippen molar-refractivity contribution in [1.29, 1.82) is 0 Å². The van der Waals surface area contributed by atoms with Gasteiger partial charge in [-0.2, -0.15) is 0 Å². The topological polar surface area (TPSA) is 3.24 Å². The first-order valence-electron chi connectivity index (χ1n) is 8.45. The van der Waals surface area contributed by atoms with Gasteiger partial charge in [-0.15, -0.1) is 11.6 Å². The van der Waals surface area contributed by atoms with Crippen LogP contribution in [0, 0.1) is 0 Å². The van der Waals surface area contributed by atoms with Crippen molar-refractivity contribution in [2.75, 3.05) is 31.9 Å². The van der Waals surface area contributed by atoms with Gasteiger partial charge >= 0.3 is 0 Å². The molecule has 20 heavy (non-hydrogen) atoms. The minimum atomic E-state index is 0.769. The van der Waals surface area contributed by atoms with E-state index in [2.05, 4.69) is 41.8 Å². The molecule has 0 aromatic rings. The second kappa shape index (κ2) is 22.0. The van der Waals surface area contributed by atoms with Crippen LogP contribution in [0.1, 0.15) is 77.6 Å². The van der Waals surface area contributed by atoms with E-state index in [0.29, 0.717) is 0 Å². The molecule has 0 aromatic heterocycles. The molecule has 0 atom stereocenters. The van der Waals surface area contributed by atoms with E-state index < -0.39 is 0 Å². The molecule has 0 saturated carbocycles. The lowest BCUT2D eigenvalue weighted by molar-refractivity contribution is 0.389. The highest BCUT2D eigenvalue weighted by Gasteiger charge is 1.93. The van der Waals surface area contributed by atoms with Crippen molar-refractivity contribution in [3.05, 3.63) is 0 Å². The molecule has 0 amide bonds. The molecule has 0 aliphatic rings. The summed E-state index contributed by atoms with van der Waals surface area (Å²) >= 11 is 8.50. The highest BCUT2D eigenvalue weighted by atomic mass is 79.9. The maximum atomic E-state index is 5.27. The fourth-order valence-electron chi connectivity index (χ4n) is 1.97. The fraction of sp³-hybridized carbons (Fsp3) is 1.00. The standard InChI is InChI=1S/C14H31N.C3H6BrCl/c1-4-5-6-7-8-9-10-11-12-13-14-15(2)3;4-2-1-3-5/h4-14H2,1-3H3;1-3H2. The van der Waals surface area contributed by atoms with Crippen molar-refractivity contribution >= 4 is 27.5 Å². The van der Waals surface area contributed by atoms with Crippen molar-refractivity contribution in [2.45, 2.75) is 77.6 Å². The Morgan fingerprint density at radius 2 is 1.20 bits per heavy atom. The van der Waals surface area contributed by atoms with Gasteiger partial charge in [-0.05, 0) is 33.5 Å². The summed E-state index contributed by atoms with van der Waals surface area (Å²) in [6, 6.07) is 0. The zero-order chi connectivity index (χ0) is 15.5. The molecule has 0 aliphatic carbocycles. The molecule has 0 N–H and O–H groups in total. The maximum Gasteiger partial charge on any atom is 0.0231 e. The maximum absolute atomic E-state index is 5.27. The monoisotopic (exact) mass is 369 g/mol. The minimum absolute atomic E-state index is 0.769. The fourth-order valence-corrected chi connectivity index (χ4v) is 2.70. The molecule has 0 spiro atoms. The molecular formula is C17H37BrClN. The van der Waals surface area contributed by atoms with Gasteiger partial charge in [0.05, 0.1) is 0 Å². The van der Waals surface area contributed by atoms with Gasteiger partial charge in [0.2, 0.25) is 0 Å². The Kier molecular flexibility index (Phi) is 25.3. The first-order valence-corrected chi connectivity index (χ1v) is 10.1. The van der Waals surface area contributed by atoms with Gasteiger partial charge < -0.3 is 4.90 Å². The number of nitrogens with zero attached hydrogens (tertiary/aromatic N) is 1. The van der Waals surface area contributed by atoms with Crippen LogP contribution in [0.15, 0.2) is 0 Å². The normalized spacial score (nSPS) is 10.5. The van der Waals surface area contributed by atoms with E-state index >= 15 is 0 Å². The van der Waals surface area contributed by atoms with Gasteiger partial charge in [0, 0.05) is 11.2 Å². The van der Waals surface area contributed by atoms with Crippen molar-refractivity contribution < 1.29 is 0 Å². The van der Waals surface area contributed by atoms with Gasteiger partial charge in [-0.3, -0.25) is 0 Å². The van der Waals surface area contributed by atoms with E-state index in [0.717, 1.165) is 17.6 Å². The Balaban J connectivity index is 0. The molecule has 0 aromatic carbocycles. The lowest BCUT2D eigenvalue weighted by atomic mass is 10.1. The van der Waals surface area contributed by atoms with Crippen molar-refractivity contribution in [3.8, 4) is 0 Å². The Labute approximate surface area is 142 Å². The van der Waals surface area contributed by atoms with Crippen LogP contribution in [0.25, 0.3) is 0 Å². The summed E-state index contributed by atoms with van der Waals surface area (Å²) in [6.45, 7) is 3.54. The Bertz CT molecular complexity index is 152. The van der Waals surface area contributed by atoms with Crippen LogP contribution < -0.4 is 0 Å². The smallest absolute Gasteiger partial charge is 0.0231 e. The van der Waals surface area contributed by atoms with Gasteiger partial charge in [0.25, 0.3) is 0 Å². The summed E-state index contributed by atoms with van der Waals surface area (Å²) in [5.74, 6) is 0.769. The molecule has 0 fully saturated rings. The van der Waals surface area contributed by atoms with Crippen molar-refractivity contribution in [1.82, 2.24) is 4.90 Å². The highest BCUT2D eigenvalue weighted by Crippen LogP contribution is 2.10.